The summed E-state index contributed by atoms with van der Waals surface area (Å²) in [7, 11) is -9.64. The fourth-order valence-corrected chi connectivity index (χ4v) is 4.15. The van der Waals surface area contributed by atoms with Gasteiger partial charge in [0.1, 0.15) is 32.8 Å². The summed E-state index contributed by atoms with van der Waals surface area (Å²) in [5.41, 5.74) is -1.53. The molecule has 3 aromatic rings. The van der Waals surface area contributed by atoms with Crippen LogP contribution in [0.2, 0.25) is 0 Å². The predicted octanol–water partition coefficient (Wildman–Crippen LogP) is 1.51. The Balaban J connectivity index is 1.86. The molecule has 36 heavy (non-hydrogen) atoms. The third kappa shape index (κ3) is 5.63. The molecule has 0 saturated carbocycles. The zero-order valence-electron chi connectivity index (χ0n) is 17.6. The highest BCUT2D eigenvalue weighted by molar-refractivity contribution is 7.86. The molecule has 2 amide bonds. The number of amides is 2. The molecule has 3 aromatic carbocycles. The van der Waals surface area contributed by atoms with Gasteiger partial charge in [-0.3, -0.25) is 18.7 Å². The Bertz CT molecular complexity index is 1490. The Morgan fingerprint density at radius 2 is 0.889 bits per heavy atom. The second kappa shape index (κ2) is 9.34. The van der Waals surface area contributed by atoms with E-state index in [9.17, 15) is 46.9 Å². The summed E-state index contributed by atoms with van der Waals surface area (Å²) in [5.74, 6) is -5.31. The van der Waals surface area contributed by atoms with Gasteiger partial charge in [-0.15, -0.1) is 0 Å². The molecule has 14 nitrogen and oxygen atoms in total. The van der Waals surface area contributed by atoms with E-state index in [4.69, 9.17) is 9.11 Å². The first-order chi connectivity index (χ1) is 16.6. The fraction of sp³-hybridized carbons (Fsp3) is 0. The average Bonchev–Trinajstić information content (AvgIpc) is 2.76. The summed E-state index contributed by atoms with van der Waals surface area (Å²) in [6, 6.07) is 6.81. The largest absolute Gasteiger partial charge is 0.507 e. The second-order valence-electron chi connectivity index (χ2n) is 7.11. The smallest absolute Gasteiger partial charge is 0.298 e. The van der Waals surface area contributed by atoms with Gasteiger partial charge < -0.3 is 31.1 Å². The van der Waals surface area contributed by atoms with Gasteiger partial charge in [-0.05, 0) is 48.5 Å². The molecule has 8 N–H and O–H groups in total. The topological polar surface area (TPSA) is 248 Å². The van der Waals surface area contributed by atoms with Gasteiger partial charge in [0.2, 0.25) is 0 Å². The number of rotatable bonds is 6. The Kier molecular flexibility index (Phi) is 6.81. The maximum absolute atomic E-state index is 12.5. The third-order valence-corrected chi connectivity index (χ3v) is 6.36. The van der Waals surface area contributed by atoms with Gasteiger partial charge in [-0.2, -0.15) is 16.8 Å². The molecule has 3 rings (SSSR count). The van der Waals surface area contributed by atoms with Crippen LogP contribution in [0.1, 0.15) is 20.7 Å². The zero-order valence-corrected chi connectivity index (χ0v) is 19.2. The molecule has 0 bridgehead atoms. The van der Waals surface area contributed by atoms with Crippen molar-refractivity contribution >= 4 is 43.4 Å². The first kappa shape index (κ1) is 26.2. The number of nitrogens with one attached hydrogen (secondary N) is 2. The van der Waals surface area contributed by atoms with Crippen LogP contribution < -0.4 is 10.6 Å². The van der Waals surface area contributed by atoms with Crippen molar-refractivity contribution in [1.29, 1.82) is 0 Å². The van der Waals surface area contributed by atoms with Crippen LogP contribution in [-0.4, -0.2) is 58.2 Å². The lowest BCUT2D eigenvalue weighted by atomic mass is 10.1. The normalized spacial score (nSPS) is 11.6. The van der Waals surface area contributed by atoms with E-state index in [0.717, 1.165) is 36.4 Å². The molecule has 0 unspecified atom stereocenters. The summed E-state index contributed by atoms with van der Waals surface area (Å²) >= 11 is 0. The number of anilines is 2. The van der Waals surface area contributed by atoms with E-state index in [1.165, 1.54) is 0 Å². The highest BCUT2D eigenvalue weighted by Crippen LogP contribution is 2.31. The molecule has 0 heterocycles. The number of carbonyl (C=O) groups excluding carboxylic acids is 2. The molecular formula is C20H16N2O12S2. The highest BCUT2D eigenvalue weighted by atomic mass is 32.2. The van der Waals surface area contributed by atoms with Crippen LogP contribution in [0.4, 0.5) is 11.4 Å². The number of phenols is 4. The Morgan fingerprint density at radius 1 is 0.556 bits per heavy atom. The van der Waals surface area contributed by atoms with Crippen molar-refractivity contribution in [3.63, 3.8) is 0 Å². The molecule has 0 aliphatic rings. The van der Waals surface area contributed by atoms with Crippen molar-refractivity contribution in [1.82, 2.24) is 0 Å². The highest BCUT2D eigenvalue weighted by Gasteiger charge is 2.22. The van der Waals surface area contributed by atoms with Crippen LogP contribution in [0.3, 0.4) is 0 Å². The summed E-state index contributed by atoms with van der Waals surface area (Å²) in [6.45, 7) is 0. The quantitative estimate of drug-likeness (QED) is 0.164. The lowest BCUT2D eigenvalue weighted by molar-refractivity contribution is 0.101. The third-order valence-electron chi connectivity index (χ3n) is 4.59. The molecule has 0 aromatic heterocycles. The SMILES string of the molecule is O=C(Nc1ccc(O)c(S(=O)(=O)O)c1)c1cc(O)c(C(=O)Nc2ccc(O)c(S(=O)(=O)O)c2)cc1O. The van der Waals surface area contributed by atoms with Crippen molar-refractivity contribution < 1.29 is 56.0 Å². The number of phenolic OH excluding ortho intramolecular Hbond substituents is 4. The van der Waals surface area contributed by atoms with Crippen LogP contribution in [0.15, 0.2) is 58.3 Å². The molecule has 0 saturated heterocycles. The van der Waals surface area contributed by atoms with Crippen molar-refractivity contribution in [3.8, 4) is 23.0 Å². The zero-order chi connectivity index (χ0) is 27.0. The number of hydrogen-bond acceptors (Lipinski definition) is 10. The molecule has 0 spiro atoms. The summed E-state index contributed by atoms with van der Waals surface area (Å²) < 4.78 is 63.4. The van der Waals surface area contributed by atoms with Gasteiger partial charge in [0.25, 0.3) is 32.1 Å². The minimum Gasteiger partial charge on any atom is -0.507 e. The van der Waals surface area contributed by atoms with Crippen molar-refractivity contribution in [2.75, 3.05) is 10.6 Å². The summed E-state index contributed by atoms with van der Waals surface area (Å²) in [6.07, 6.45) is 0. The minimum atomic E-state index is -4.82. The van der Waals surface area contributed by atoms with E-state index in [1.54, 1.807) is 0 Å². The maximum atomic E-state index is 12.5. The van der Waals surface area contributed by atoms with E-state index in [0.29, 0.717) is 12.1 Å². The van der Waals surface area contributed by atoms with Crippen LogP contribution >= 0.6 is 0 Å². The van der Waals surface area contributed by atoms with Gasteiger partial charge >= 0.3 is 0 Å². The average molecular weight is 540 g/mol. The first-order valence-corrected chi connectivity index (χ1v) is 12.3. The molecule has 0 atom stereocenters. The predicted molar refractivity (Wildman–Crippen MR) is 122 cm³/mol. The standard InChI is InChI=1S/C20H16N2O12S2/c23-13-3-1-9(5-17(13)35(29,30)31)21-19(27)11-7-16(26)12(8-15(11)25)20(28)22-10-2-4-14(24)18(6-10)36(32,33)34/h1-8,23-26H,(H,21,27)(H,22,28)(H,29,30,31)(H,32,33,34). The van der Waals surface area contributed by atoms with Gasteiger partial charge in [0.05, 0.1) is 11.1 Å². The van der Waals surface area contributed by atoms with Gasteiger partial charge in [0.15, 0.2) is 0 Å². The van der Waals surface area contributed by atoms with Gasteiger partial charge in [-0.1, -0.05) is 0 Å². The van der Waals surface area contributed by atoms with Crippen LogP contribution in [0.25, 0.3) is 0 Å². The molecule has 0 fully saturated rings. The van der Waals surface area contributed by atoms with Crippen molar-refractivity contribution in [2.24, 2.45) is 0 Å². The number of aromatic hydroxyl groups is 4. The van der Waals surface area contributed by atoms with Crippen LogP contribution in [-0.2, 0) is 20.2 Å². The van der Waals surface area contributed by atoms with E-state index in [-0.39, 0.29) is 11.4 Å². The Hall–Kier alpha value is -4.38. The molecule has 190 valence electrons. The number of carbonyl (C=O) groups is 2. The Morgan fingerprint density at radius 3 is 1.19 bits per heavy atom. The molecular weight excluding hydrogens is 524 g/mol. The Labute approximate surface area is 202 Å². The second-order valence-corrected chi connectivity index (χ2v) is 9.89. The molecule has 0 aliphatic carbocycles. The number of benzene rings is 3. The van der Waals surface area contributed by atoms with Crippen molar-refractivity contribution in [3.05, 3.63) is 59.7 Å². The van der Waals surface area contributed by atoms with Gasteiger partial charge in [0, 0.05) is 11.4 Å². The maximum Gasteiger partial charge on any atom is 0.298 e. The molecule has 16 heteroatoms. The van der Waals surface area contributed by atoms with E-state index >= 15 is 0 Å². The molecule has 0 radical (unpaired) electrons. The monoisotopic (exact) mass is 540 g/mol. The van der Waals surface area contributed by atoms with E-state index < -0.39 is 76.0 Å². The van der Waals surface area contributed by atoms with Crippen LogP contribution in [0, 0.1) is 0 Å². The minimum absolute atomic E-state index is 0.215. The van der Waals surface area contributed by atoms with Gasteiger partial charge in [-0.25, -0.2) is 0 Å². The molecule has 0 aliphatic heterocycles. The van der Waals surface area contributed by atoms with Crippen molar-refractivity contribution in [2.45, 2.75) is 9.79 Å². The van der Waals surface area contributed by atoms with E-state index in [2.05, 4.69) is 10.6 Å². The summed E-state index contributed by atoms with van der Waals surface area (Å²) in [4.78, 5) is 23.2. The fourth-order valence-electron chi connectivity index (χ4n) is 2.93. The number of hydrogen-bond donors (Lipinski definition) is 8. The van der Waals surface area contributed by atoms with E-state index in [1.807, 2.05) is 0 Å². The lowest BCUT2D eigenvalue weighted by Crippen LogP contribution is -2.15. The summed E-state index contributed by atoms with van der Waals surface area (Å²) in [5, 5.41) is 43.9. The first-order valence-electron chi connectivity index (χ1n) is 9.37. The lowest BCUT2D eigenvalue weighted by Gasteiger charge is -2.12. The van der Waals surface area contributed by atoms with Crippen LogP contribution in [0.5, 0.6) is 23.0 Å².